The highest BCUT2D eigenvalue weighted by Crippen LogP contribution is 2.31. The fraction of sp³-hybridized carbons (Fsp3) is 0.769. The van der Waals surface area contributed by atoms with Crippen molar-refractivity contribution in [3.63, 3.8) is 0 Å². The normalized spacial score (nSPS) is 20.2. The smallest absolute Gasteiger partial charge is 0.130 e. The van der Waals surface area contributed by atoms with Gasteiger partial charge in [0.25, 0.3) is 0 Å². The molecule has 4 heteroatoms. The van der Waals surface area contributed by atoms with Gasteiger partial charge in [-0.1, -0.05) is 29.3 Å². The molecule has 1 aromatic heterocycles. The number of anilines is 1. The van der Waals surface area contributed by atoms with Crippen LogP contribution in [0.25, 0.3) is 0 Å². The van der Waals surface area contributed by atoms with Gasteiger partial charge in [-0.05, 0) is 25.7 Å². The maximum absolute atomic E-state index is 4.54. The van der Waals surface area contributed by atoms with Crippen LogP contribution < -0.4 is 4.90 Å². The van der Waals surface area contributed by atoms with Crippen molar-refractivity contribution in [3.05, 3.63) is 11.3 Å². The van der Waals surface area contributed by atoms with Crippen LogP contribution in [0.15, 0.2) is 0 Å². The summed E-state index contributed by atoms with van der Waals surface area (Å²) in [5, 5.41) is 5.44. The standard InChI is InChI=1S/C13H22BrN3/c1-4-5-11-6-7-17(9-11)13-12(8-14)10(2)15-16(13)3/h11H,4-9H2,1-3H3. The van der Waals surface area contributed by atoms with Gasteiger partial charge in [0.05, 0.1) is 5.69 Å². The first-order valence-corrected chi connectivity index (χ1v) is 7.62. The van der Waals surface area contributed by atoms with Gasteiger partial charge in [0.15, 0.2) is 0 Å². The monoisotopic (exact) mass is 299 g/mol. The molecule has 1 aliphatic heterocycles. The molecule has 1 fully saturated rings. The van der Waals surface area contributed by atoms with E-state index in [0.717, 1.165) is 16.9 Å². The van der Waals surface area contributed by atoms with Gasteiger partial charge in [-0.15, -0.1) is 0 Å². The van der Waals surface area contributed by atoms with Crippen molar-refractivity contribution in [2.24, 2.45) is 13.0 Å². The maximum Gasteiger partial charge on any atom is 0.130 e. The van der Waals surface area contributed by atoms with E-state index < -0.39 is 0 Å². The van der Waals surface area contributed by atoms with Crippen LogP contribution in [0.1, 0.15) is 37.4 Å². The largest absolute Gasteiger partial charge is 0.356 e. The van der Waals surface area contributed by atoms with Crippen molar-refractivity contribution in [1.29, 1.82) is 0 Å². The second-order valence-electron chi connectivity index (χ2n) is 5.03. The summed E-state index contributed by atoms with van der Waals surface area (Å²) in [6, 6.07) is 0. The number of hydrogen-bond acceptors (Lipinski definition) is 2. The van der Waals surface area contributed by atoms with E-state index in [1.165, 1.54) is 43.7 Å². The summed E-state index contributed by atoms with van der Waals surface area (Å²) in [5.41, 5.74) is 2.50. The molecule has 2 rings (SSSR count). The summed E-state index contributed by atoms with van der Waals surface area (Å²) < 4.78 is 2.04. The van der Waals surface area contributed by atoms with Crippen LogP contribution in [0.2, 0.25) is 0 Å². The lowest BCUT2D eigenvalue weighted by Crippen LogP contribution is -2.23. The third-order valence-electron chi connectivity index (χ3n) is 3.73. The Kier molecular flexibility index (Phi) is 4.13. The van der Waals surface area contributed by atoms with Gasteiger partial charge in [0.2, 0.25) is 0 Å². The number of aromatic nitrogens is 2. The van der Waals surface area contributed by atoms with Crippen molar-refractivity contribution >= 4 is 21.7 Å². The Morgan fingerprint density at radius 1 is 1.47 bits per heavy atom. The zero-order valence-corrected chi connectivity index (χ0v) is 12.6. The molecule has 0 aliphatic carbocycles. The Bertz CT molecular complexity index is 386. The first-order chi connectivity index (χ1) is 8.17. The highest BCUT2D eigenvalue weighted by atomic mass is 79.9. The Labute approximate surface area is 112 Å². The van der Waals surface area contributed by atoms with Gasteiger partial charge < -0.3 is 4.90 Å². The van der Waals surface area contributed by atoms with Gasteiger partial charge in [0, 0.05) is 31.0 Å². The molecule has 17 heavy (non-hydrogen) atoms. The quantitative estimate of drug-likeness (QED) is 0.796. The van der Waals surface area contributed by atoms with Crippen LogP contribution in [0, 0.1) is 12.8 Å². The van der Waals surface area contributed by atoms with E-state index in [0.29, 0.717) is 0 Å². The molecular formula is C13H22BrN3. The van der Waals surface area contributed by atoms with E-state index >= 15 is 0 Å². The molecule has 2 heterocycles. The molecule has 1 aliphatic rings. The van der Waals surface area contributed by atoms with E-state index in [1.54, 1.807) is 0 Å². The van der Waals surface area contributed by atoms with Crippen molar-refractivity contribution in [1.82, 2.24) is 9.78 Å². The molecular weight excluding hydrogens is 278 g/mol. The van der Waals surface area contributed by atoms with Crippen molar-refractivity contribution in [2.45, 2.75) is 38.4 Å². The minimum Gasteiger partial charge on any atom is -0.356 e. The Morgan fingerprint density at radius 2 is 2.24 bits per heavy atom. The summed E-state index contributed by atoms with van der Waals surface area (Å²) in [7, 11) is 2.06. The van der Waals surface area contributed by atoms with Gasteiger partial charge >= 0.3 is 0 Å². The molecule has 0 amide bonds. The first-order valence-electron chi connectivity index (χ1n) is 6.50. The average molecular weight is 300 g/mol. The van der Waals surface area contributed by atoms with Gasteiger partial charge in [0.1, 0.15) is 5.82 Å². The topological polar surface area (TPSA) is 21.1 Å². The highest BCUT2D eigenvalue weighted by Gasteiger charge is 2.26. The van der Waals surface area contributed by atoms with Crippen LogP contribution in [0.5, 0.6) is 0 Å². The lowest BCUT2D eigenvalue weighted by Gasteiger charge is -2.20. The summed E-state index contributed by atoms with van der Waals surface area (Å²) in [4.78, 5) is 2.51. The molecule has 0 saturated carbocycles. The molecule has 0 aromatic carbocycles. The highest BCUT2D eigenvalue weighted by molar-refractivity contribution is 9.08. The van der Waals surface area contributed by atoms with Gasteiger partial charge in [-0.25, -0.2) is 0 Å². The van der Waals surface area contributed by atoms with Crippen LogP contribution >= 0.6 is 15.9 Å². The fourth-order valence-electron chi connectivity index (χ4n) is 2.91. The number of halogens is 1. The summed E-state index contributed by atoms with van der Waals surface area (Å²) in [5.74, 6) is 2.19. The Morgan fingerprint density at radius 3 is 2.88 bits per heavy atom. The number of nitrogens with zero attached hydrogens (tertiary/aromatic N) is 3. The Hall–Kier alpha value is -0.510. The third-order valence-corrected chi connectivity index (χ3v) is 4.29. The second kappa shape index (κ2) is 5.42. The van der Waals surface area contributed by atoms with E-state index in [1.807, 2.05) is 4.68 Å². The lowest BCUT2D eigenvalue weighted by atomic mass is 10.0. The molecule has 96 valence electrons. The first kappa shape index (κ1) is 12.9. The SMILES string of the molecule is CCCC1CCN(c2c(CBr)c(C)nn2C)C1. The molecule has 1 saturated heterocycles. The average Bonchev–Trinajstić information content (AvgIpc) is 2.83. The second-order valence-corrected chi connectivity index (χ2v) is 5.59. The van der Waals surface area contributed by atoms with Crippen molar-refractivity contribution < 1.29 is 0 Å². The maximum atomic E-state index is 4.54. The van der Waals surface area contributed by atoms with E-state index in [-0.39, 0.29) is 0 Å². The molecule has 0 radical (unpaired) electrons. The molecule has 0 N–H and O–H groups in total. The number of hydrogen-bond donors (Lipinski definition) is 0. The predicted octanol–water partition coefficient (Wildman–Crippen LogP) is 3.25. The van der Waals surface area contributed by atoms with Gasteiger partial charge in [-0.2, -0.15) is 5.10 Å². The Balaban J connectivity index is 2.18. The molecule has 1 aromatic rings. The van der Waals surface area contributed by atoms with Crippen LogP contribution in [-0.2, 0) is 12.4 Å². The zero-order valence-electron chi connectivity index (χ0n) is 11.0. The third kappa shape index (κ3) is 2.51. The van der Waals surface area contributed by atoms with E-state index in [2.05, 4.69) is 46.8 Å². The number of rotatable bonds is 4. The number of alkyl halides is 1. The van der Waals surface area contributed by atoms with Crippen molar-refractivity contribution in [3.8, 4) is 0 Å². The van der Waals surface area contributed by atoms with Gasteiger partial charge in [-0.3, -0.25) is 4.68 Å². The summed E-state index contributed by atoms with van der Waals surface area (Å²) in [6.45, 7) is 6.76. The summed E-state index contributed by atoms with van der Waals surface area (Å²) >= 11 is 3.59. The lowest BCUT2D eigenvalue weighted by molar-refractivity contribution is 0.529. The molecule has 1 atom stereocenters. The predicted molar refractivity (Wildman–Crippen MR) is 75.8 cm³/mol. The van der Waals surface area contributed by atoms with E-state index in [4.69, 9.17) is 0 Å². The van der Waals surface area contributed by atoms with E-state index in [9.17, 15) is 0 Å². The molecule has 1 unspecified atom stereocenters. The van der Waals surface area contributed by atoms with Crippen LogP contribution in [0.4, 0.5) is 5.82 Å². The van der Waals surface area contributed by atoms with Crippen LogP contribution in [-0.4, -0.2) is 22.9 Å². The van der Waals surface area contributed by atoms with Crippen molar-refractivity contribution in [2.75, 3.05) is 18.0 Å². The minimum absolute atomic E-state index is 0.874. The summed E-state index contributed by atoms with van der Waals surface area (Å²) in [6.07, 6.45) is 3.99. The molecule has 0 bridgehead atoms. The molecule has 0 spiro atoms. The van der Waals surface area contributed by atoms with Crippen LogP contribution in [0.3, 0.4) is 0 Å². The molecule has 3 nitrogen and oxygen atoms in total. The zero-order chi connectivity index (χ0) is 12.4. The number of aryl methyl sites for hydroxylation is 2. The fourth-order valence-corrected chi connectivity index (χ4v) is 3.57. The minimum atomic E-state index is 0.874.